The number of hydrogen-bond donors (Lipinski definition) is 2. The first kappa shape index (κ1) is 29.2. The number of benzene rings is 1. The van der Waals surface area contributed by atoms with Gasteiger partial charge in [-0.25, -0.2) is 13.6 Å². The lowest BCUT2D eigenvalue weighted by atomic mass is 9.91. The Bertz CT molecular complexity index is 907. The highest BCUT2D eigenvalue weighted by Crippen LogP contribution is 2.27. The van der Waals surface area contributed by atoms with Crippen LogP contribution in [0.1, 0.15) is 65.5 Å². The van der Waals surface area contributed by atoms with Gasteiger partial charge >= 0.3 is 6.03 Å². The van der Waals surface area contributed by atoms with Crippen LogP contribution in [0.3, 0.4) is 0 Å². The Morgan fingerprint density at radius 2 is 1.59 bits per heavy atom. The van der Waals surface area contributed by atoms with Crippen LogP contribution in [-0.4, -0.2) is 42.5 Å². The smallest absolute Gasteiger partial charge is 0.324 e. The van der Waals surface area contributed by atoms with E-state index in [2.05, 4.69) is 15.6 Å². The maximum Gasteiger partial charge on any atom is 0.324 e. The second-order valence-electron chi connectivity index (χ2n) is 9.41. The molecule has 6 nitrogen and oxygen atoms in total. The molecule has 2 rings (SSSR count). The fourth-order valence-corrected chi connectivity index (χ4v) is 3.18. The summed E-state index contributed by atoms with van der Waals surface area (Å²) in [5.41, 5.74) is 0.771. The van der Waals surface area contributed by atoms with Crippen molar-refractivity contribution >= 4 is 11.9 Å². The van der Waals surface area contributed by atoms with Gasteiger partial charge in [-0.1, -0.05) is 58.4 Å². The van der Waals surface area contributed by atoms with Gasteiger partial charge in [-0.2, -0.15) is 0 Å². The fraction of sp³-hybridized carbons (Fsp3) is 0.500. The second kappa shape index (κ2) is 13.7. The minimum atomic E-state index is -0.738. The Morgan fingerprint density at radius 1 is 1.06 bits per heavy atom. The molecular formula is C26H38F2N4O2. The third-order valence-corrected chi connectivity index (χ3v) is 4.86. The number of urea groups is 1. The zero-order valence-electron chi connectivity index (χ0n) is 21.3. The molecule has 1 unspecified atom stereocenters. The van der Waals surface area contributed by atoms with Gasteiger partial charge in [0.2, 0.25) is 5.91 Å². The normalized spacial score (nSPS) is 11.8. The highest BCUT2D eigenvalue weighted by molar-refractivity contribution is 5.94. The molecule has 0 saturated carbocycles. The number of hydrogen-bond acceptors (Lipinski definition) is 4. The van der Waals surface area contributed by atoms with E-state index in [9.17, 15) is 18.4 Å². The fourth-order valence-electron chi connectivity index (χ4n) is 3.18. The van der Waals surface area contributed by atoms with Crippen molar-refractivity contribution in [1.82, 2.24) is 20.5 Å². The SMILES string of the molecule is CCCCN(C(=O)CC(C)(C)C)C(=O)NC(C)c1ccc(-c2c(F)cncc2F)cc1.CNC. The summed E-state index contributed by atoms with van der Waals surface area (Å²) in [6.45, 7) is 10.0. The maximum atomic E-state index is 14.0. The average molecular weight is 477 g/mol. The van der Waals surface area contributed by atoms with Gasteiger partial charge in [0.15, 0.2) is 11.6 Å². The zero-order valence-corrected chi connectivity index (χ0v) is 21.3. The van der Waals surface area contributed by atoms with Gasteiger partial charge in [-0.05, 0) is 44.0 Å². The number of aromatic nitrogens is 1. The lowest BCUT2D eigenvalue weighted by molar-refractivity contribution is -0.130. The van der Waals surface area contributed by atoms with Crippen molar-refractivity contribution < 1.29 is 18.4 Å². The van der Waals surface area contributed by atoms with Crippen LogP contribution in [0.4, 0.5) is 13.6 Å². The molecule has 0 aliphatic heterocycles. The highest BCUT2D eigenvalue weighted by atomic mass is 19.1. The number of halogens is 2. The van der Waals surface area contributed by atoms with Gasteiger partial charge < -0.3 is 10.6 Å². The Kier molecular flexibility index (Phi) is 11.8. The standard InChI is InChI=1S/C24H31F2N3O2.C2H7N/c1-6-7-12-29(21(30)13-24(3,4)5)23(31)28-16(2)17-8-10-18(11-9-17)22-19(25)14-27-15-20(22)26;1-3-2/h8-11,14-16H,6-7,12-13H2,1-5H3,(H,28,31);3H,1-2H3. The van der Waals surface area contributed by atoms with Crippen molar-refractivity contribution in [3.63, 3.8) is 0 Å². The summed E-state index contributed by atoms with van der Waals surface area (Å²) in [5, 5.41) is 5.61. The monoisotopic (exact) mass is 476 g/mol. The molecule has 1 heterocycles. The Labute approximate surface area is 202 Å². The number of imide groups is 1. The van der Waals surface area contributed by atoms with Gasteiger partial charge in [0.05, 0.1) is 24.0 Å². The summed E-state index contributed by atoms with van der Waals surface area (Å²) in [4.78, 5) is 30.3. The van der Waals surface area contributed by atoms with E-state index in [-0.39, 0.29) is 29.3 Å². The predicted molar refractivity (Wildman–Crippen MR) is 132 cm³/mol. The van der Waals surface area contributed by atoms with E-state index in [0.717, 1.165) is 30.8 Å². The van der Waals surface area contributed by atoms with E-state index >= 15 is 0 Å². The van der Waals surface area contributed by atoms with Gasteiger partial charge in [0.25, 0.3) is 0 Å². The van der Waals surface area contributed by atoms with Gasteiger partial charge in [0, 0.05) is 13.0 Å². The van der Waals surface area contributed by atoms with Crippen LogP contribution in [0.25, 0.3) is 11.1 Å². The third-order valence-electron chi connectivity index (χ3n) is 4.86. The summed E-state index contributed by atoms with van der Waals surface area (Å²) in [6, 6.07) is 5.77. The molecule has 0 saturated heterocycles. The quantitative estimate of drug-likeness (QED) is 0.538. The minimum Gasteiger partial charge on any atom is -0.331 e. The van der Waals surface area contributed by atoms with E-state index in [1.165, 1.54) is 4.90 Å². The van der Waals surface area contributed by atoms with Gasteiger partial charge in [-0.15, -0.1) is 0 Å². The number of carbonyl (C=O) groups excluding carboxylic acids is 2. The van der Waals surface area contributed by atoms with Crippen molar-refractivity contribution in [2.75, 3.05) is 20.6 Å². The number of nitrogens with one attached hydrogen (secondary N) is 2. The summed E-state index contributed by atoms with van der Waals surface area (Å²) < 4.78 is 27.9. The molecule has 1 aromatic carbocycles. The summed E-state index contributed by atoms with van der Waals surface area (Å²) >= 11 is 0. The van der Waals surface area contributed by atoms with Crippen molar-refractivity contribution in [3.8, 4) is 11.1 Å². The van der Waals surface area contributed by atoms with Crippen molar-refractivity contribution in [1.29, 1.82) is 0 Å². The minimum absolute atomic E-state index is 0.142. The summed E-state index contributed by atoms with van der Waals surface area (Å²) in [7, 11) is 3.75. The van der Waals surface area contributed by atoms with Crippen molar-refractivity contribution in [2.24, 2.45) is 5.41 Å². The first-order valence-electron chi connectivity index (χ1n) is 11.5. The average Bonchev–Trinajstić information content (AvgIpc) is 2.73. The molecule has 0 fully saturated rings. The molecule has 0 bridgehead atoms. The molecule has 3 amide bonds. The largest absolute Gasteiger partial charge is 0.331 e. The third kappa shape index (κ3) is 9.17. The van der Waals surface area contributed by atoms with E-state index in [1.807, 2.05) is 41.8 Å². The highest BCUT2D eigenvalue weighted by Gasteiger charge is 2.26. The number of nitrogens with zero attached hydrogens (tertiary/aromatic N) is 2. The van der Waals surface area contributed by atoms with E-state index in [4.69, 9.17) is 0 Å². The zero-order chi connectivity index (χ0) is 25.9. The molecule has 0 aliphatic rings. The molecule has 2 N–H and O–H groups in total. The van der Waals surface area contributed by atoms with Crippen LogP contribution >= 0.6 is 0 Å². The van der Waals surface area contributed by atoms with Crippen LogP contribution in [0, 0.1) is 17.0 Å². The van der Waals surface area contributed by atoms with Crippen LogP contribution in [0.2, 0.25) is 0 Å². The van der Waals surface area contributed by atoms with Crippen LogP contribution < -0.4 is 10.6 Å². The molecule has 188 valence electrons. The molecule has 0 radical (unpaired) electrons. The van der Waals surface area contributed by atoms with Crippen LogP contribution in [0.5, 0.6) is 0 Å². The van der Waals surface area contributed by atoms with Crippen LogP contribution in [-0.2, 0) is 4.79 Å². The topological polar surface area (TPSA) is 74.3 Å². The van der Waals surface area contributed by atoms with Crippen molar-refractivity contribution in [3.05, 3.63) is 53.9 Å². The molecular weight excluding hydrogens is 438 g/mol. The van der Waals surface area contributed by atoms with E-state index in [1.54, 1.807) is 31.2 Å². The molecule has 1 aromatic heterocycles. The number of unbranched alkanes of at least 4 members (excludes halogenated alkanes) is 1. The molecule has 34 heavy (non-hydrogen) atoms. The van der Waals surface area contributed by atoms with Crippen molar-refractivity contribution in [2.45, 2.75) is 59.9 Å². The molecule has 8 heteroatoms. The Morgan fingerprint density at radius 3 is 2.06 bits per heavy atom. The maximum absolute atomic E-state index is 14.0. The van der Waals surface area contributed by atoms with E-state index in [0.29, 0.717) is 12.1 Å². The van der Waals surface area contributed by atoms with E-state index < -0.39 is 17.7 Å². The van der Waals surface area contributed by atoms with Crippen LogP contribution in [0.15, 0.2) is 36.7 Å². The summed E-state index contributed by atoms with van der Waals surface area (Å²) in [5.74, 6) is -1.68. The molecule has 0 aliphatic carbocycles. The lowest BCUT2D eigenvalue weighted by Crippen LogP contribution is -2.46. The number of rotatable bonds is 7. The molecule has 1 atom stereocenters. The number of pyridine rings is 1. The predicted octanol–water partition coefficient (Wildman–Crippen LogP) is 5.70. The summed E-state index contributed by atoms with van der Waals surface area (Å²) in [6.07, 6.45) is 3.81. The number of carbonyl (C=O) groups is 2. The molecule has 0 spiro atoms. The lowest BCUT2D eigenvalue weighted by Gasteiger charge is -2.27. The van der Waals surface area contributed by atoms with Gasteiger partial charge in [0.1, 0.15) is 0 Å². The first-order chi connectivity index (χ1) is 15.9. The van der Waals surface area contributed by atoms with Gasteiger partial charge in [-0.3, -0.25) is 14.7 Å². The second-order valence-corrected chi connectivity index (χ2v) is 9.41. The Balaban J connectivity index is 0.00000182. The first-order valence-corrected chi connectivity index (χ1v) is 11.5. The number of amides is 3. The molecule has 2 aromatic rings. The Hall–Kier alpha value is -2.87.